The third kappa shape index (κ3) is 7.55. The van der Waals surface area contributed by atoms with Crippen LogP contribution in [-0.2, 0) is 22.0 Å². The van der Waals surface area contributed by atoms with Gasteiger partial charge in [-0.05, 0) is 47.9 Å². The Labute approximate surface area is 222 Å². The number of nitrogens with one attached hydrogen (secondary N) is 1. The highest BCUT2D eigenvalue weighted by Gasteiger charge is 2.26. The molecule has 3 rings (SSSR count). The van der Waals surface area contributed by atoms with Gasteiger partial charge in [-0.2, -0.15) is 5.26 Å². The van der Waals surface area contributed by atoms with Crippen molar-refractivity contribution in [2.45, 2.75) is 45.3 Å². The number of halogens is 1. The Hall–Kier alpha value is -3.39. The Morgan fingerprint density at radius 1 is 1.16 bits per heavy atom. The predicted octanol–water partition coefficient (Wildman–Crippen LogP) is 4.43. The van der Waals surface area contributed by atoms with Gasteiger partial charge in [-0.25, -0.2) is 18.4 Å². The molecule has 1 aromatic heterocycles. The second-order valence-corrected chi connectivity index (χ2v) is 11.2. The van der Waals surface area contributed by atoms with E-state index >= 15 is 0 Å². The maximum atomic E-state index is 11.4. The highest BCUT2D eigenvalue weighted by atomic mass is 35.5. The standard InChI is InChI=1S/C26H29ClN4O5S/c1-5-21(32)16-36-24-17(14-28)12-19(13-23(24)27)26(2,3)18-6-8-22(9-7-18)35-15-20-10-11-29-25(30-20)31-37(4,33)34/h6-13,21,32H,5,15-16H2,1-4H3,(H,29,30,31). The molecule has 37 heavy (non-hydrogen) atoms. The molecule has 0 aliphatic rings. The molecular formula is C26H29ClN4O5S. The summed E-state index contributed by atoms with van der Waals surface area (Å²) in [5, 5.41) is 19.8. The number of sulfonamides is 1. The molecule has 0 saturated carbocycles. The zero-order chi connectivity index (χ0) is 27.2. The van der Waals surface area contributed by atoms with Gasteiger partial charge in [-0.3, -0.25) is 4.72 Å². The second kappa shape index (κ2) is 11.8. The molecule has 1 heterocycles. The normalized spacial score (nSPS) is 12.5. The lowest BCUT2D eigenvalue weighted by atomic mass is 9.77. The number of nitrogens with zero attached hydrogens (tertiary/aromatic N) is 3. The second-order valence-electron chi connectivity index (χ2n) is 9.00. The Morgan fingerprint density at radius 2 is 1.86 bits per heavy atom. The van der Waals surface area contributed by atoms with Gasteiger partial charge in [0, 0.05) is 11.6 Å². The lowest BCUT2D eigenvalue weighted by molar-refractivity contribution is 0.104. The van der Waals surface area contributed by atoms with E-state index in [1.54, 1.807) is 18.2 Å². The zero-order valence-electron chi connectivity index (χ0n) is 21.0. The van der Waals surface area contributed by atoms with Gasteiger partial charge in [0.05, 0.1) is 28.6 Å². The topological polar surface area (TPSA) is 134 Å². The van der Waals surface area contributed by atoms with Crippen LogP contribution in [0.1, 0.15) is 49.6 Å². The van der Waals surface area contributed by atoms with Crippen LogP contribution >= 0.6 is 11.6 Å². The summed E-state index contributed by atoms with van der Waals surface area (Å²) in [5.74, 6) is 0.846. The first-order chi connectivity index (χ1) is 17.4. The van der Waals surface area contributed by atoms with Crippen LogP contribution in [-0.4, -0.2) is 42.5 Å². The summed E-state index contributed by atoms with van der Waals surface area (Å²) in [5.41, 5.74) is 2.12. The fourth-order valence-corrected chi connectivity index (χ4v) is 4.17. The van der Waals surface area contributed by atoms with Crippen molar-refractivity contribution in [2.24, 2.45) is 0 Å². The molecular weight excluding hydrogens is 516 g/mol. The Bertz CT molecular complexity index is 1390. The number of benzene rings is 2. The summed E-state index contributed by atoms with van der Waals surface area (Å²) in [7, 11) is -3.48. The average molecular weight is 545 g/mol. The molecule has 3 aromatic rings. The summed E-state index contributed by atoms with van der Waals surface area (Å²) in [6, 6.07) is 14.8. The smallest absolute Gasteiger partial charge is 0.236 e. The van der Waals surface area contributed by atoms with Crippen LogP contribution in [0.4, 0.5) is 5.95 Å². The predicted molar refractivity (Wildman–Crippen MR) is 141 cm³/mol. The van der Waals surface area contributed by atoms with Crippen LogP contribution in [0.5, 0.6) is 11.5 Å². The number of aliphatic hydroxyl groups is 1. The number of anilines is 1. The largest absolute Gasteiger partial charge is 0.488 e. The number of nitriles is 1. The molecule has 9 nitrogen and oxygen atoms in total. The van der Waals surface area contributed by atoms with Crippen LogP contribution in [0, 0.1) is 11.3 Å². The van der Waals surface area contributed by atoms with Crippen molar-refractivity contribution in [3.63, 3.8) is 0 Å². The maximum Gasteiger partial charge on any atom is 0.236 e. The lowest BCUT2D eigenvalue weighted by Crippen LogP contribution is -2.20. The molecule has 1 unspecified atom stereocenters. The zero-order valence-corrected chi connectivity index (χ0v) is 22.6. The summed E-state index contributed by atoms with van der Waals surface area (Å²) in [6.07, 6.45) is 2.37. The van der Waals surface area contributed by atoms with Crippen LogP contribution < -0.4 is 14.2 Å². The third-order valence-corrected chi connectivity index (χ3v) is 6.56. The Kier molecular flexibility index (Phi) is 8.97. The van der Waals surface area contributed by atoms with Gasteiger partial charge in [-0.1, -0.05) is 44.5 Å². The first-order valence-electron chi connectivity index (χ1n) is 11.5. The number of ether oxygens (including phenoxy) is 2. The van der Waals surface area contributed by atoms with Gasteiger partial charge in [0.2, 0.25) is 16.0 Å². The number of aliphatic hydroxyl groups excluding tert-OH is 1. The molecule has 0 amide bonds. The first kappa shape index (κ1) is 28.2. The highest BCUT2D eigenvalue weighted by molar-refractivity contribution is 7.91. The van der Waals surface area contributed by atoms with Gasteiger partial charge in [0.1, 0.15) is 25.0 Å². The minimum Gasteiger partial charge on any atom is -0.488 e. The summed E-state index contributed by atoms with van der Waals surface area (Å²) in [6.45, 7) is 6.06. The van der Waals surface area contributed by atoms with Crippen molar-refractivity contribution in [2.75, 3.05) is 17.6 Å². The van der Waals surface area contributed by atoms with E-state index in [0.717, 1.165) is 17.4 Å². The Balaban J connectivity index is 1.75. The molecule has 1 atom stereocenters. The van der Waals surface area contributed by atoms with Crippen molar-refractivity contribution in [1.82, 2.24) is 9.97 Å². The quantitative estimate of drug-likeness (QED) is 0.362. The molecule has 0 bridgehead atoms. The molecule has 0 radical (unpaired) electrons. The molecule has 196 valence electrons. The molecule has 2 aromatic carbocycles. The monoisotopic (exact) mass is 544 g/mol. The van der Waals surface area contributed by atoms with Gasteiger partial charge in [0.25, 0.3) is 0 Å². The molecule has 0 saturated heterocycles. The van der Waals surface area contributed by atoms with Gasteiger partial charge in [-0.15, -0.1) is 0 Å². The van der Waals surface area contributed by atoms with E-state index in [-0.39, 0.29) is 24.9 Å². The van der Waals surface area contributed by atoms with Crippen molar-refractivity contribution in [1.29, 1.82) is 5.26 Å². The van der Waals surface area contributed by atoms with E-state index in [2.05, 4.69) is 20.8 Å². The minimum absolute atomic E-state index is 0.0194. The van der Waals surface area contributed by atoms with Crippen molar-refractivity contribution >= 4 is 27.6 Å². The van der Waals surface area contributed by atoms with E-state index in [0.29, 0.717) is 28.5 Å². The van der Waals surface area contributed by atoms with Gasteiger partial charge < -0.3 is 14.6 Å². The molecule has 0 aliphatic carbocycles. The summed E-state index contributed by atoms with van der Waals surface area (Å²) >= 11 is 6.48. The molecule has 0 aliphatic heterocycles. The molecule has 2 N–H and O–H groups in total. The molecule has 0 spiro atoms. The van der Waals surface area contributed by atoms with E-state index < -0.39 is 21.5 Å². The molecule has 0 fully saturated rings. The summed E-state index contributed by atoms with van der Waals surface area (Å²) < 4.78 is 36.4. The van der Waals surface area contributed by atoms with E-state index in [1.165, 1.54) is 6.20 Å². The van der Waals surface area contributed by atoms with E-state index in [9.17, 15) is 18.8 Å². The number of hydrogen-bond acceptors (Lipinski definition) is 8. The van der Waals surface area contributed by atoms with Crippen LogP contribution in [0.3, 0.4) is 0 Å². The number of rotatable bonds is 11. The summed E-state index contributed by atoms with van der Waals surface area (Å²) in [4.78, 5) is 8.03. The van der Waals surface area contributed by atoms with E-state index in [4.69, 9.17) is 21.1 Å². The van der Waals surface area contributed by atoms with Crippen LogP contribution in [0.15, 0.2) is 48.7 Å². The minimum atomic E-state index is -3.48. The fourth-order valence-electron chi connectivity index (χ4n) is 3.46. The van der Waals surface area contributed by atoms with E-state index in [1.807, 2.05) is 45.0 Å². The van der Waals surface area contributed by atoms with Gasteiger partial charge >= 0.3 is 0 Å². The average Bonchev–Trinajstić information content (AvgIpc) is 2.85. The fraction of sp³-hybridized carbons (Fsp3) is 0.346. The van der Waals surface area contributed by atoms with Crippen LogP contribution in [0.2, 0.25) is 5.02 Å². The van der Waals surface area contributed by atoms with Crippen molar-refractivity contribution in [3.8, 4) is 17.6 Å². The van der Waals surface area contributed by atoms with Crippen molar-refractivity contribution < 1.29 is 23.0 Å². The number of aromatic nitrogens is 2. The third-order valence-electron chi connectivity index (χ3n) is 5.73. The lowest BCUT2D eigenvalue weighted by Gasteiger charge is -2.27. The maximum absolute atomic E-state index is 11.4. The first-order valence-corrected chi connectivity index (χ1v) is 13.8. The Morgan fingerprint density at radius 3 is 2.49 bits per heavy atom. The SMILES string of the molecule is CCC(O)COc1c(Cl)cc(C(C)(C)c2ccc(OCc3ccnc(NS(C)(=O)=O)n3)cc2)cc1C#N. The molecule has 11 heteroatoms. The number of hydrogen-bond donors (Lipinski definition) is 2. The van der Waals surface area contributed by atoms with Crippen molar-refractivity contribution in [3.05, 3.63) is 76.1 Å². The van der Waals surface area contributed by atoms with Crippen LogP contribution in [0.25, 0.3) is 0 Å². The van der Waals surface area contributed by atoms with Gasteiger partial charge in [0.15, 0.2) is 5.75 Å². The highest BCUT2D eigenvalue weighted by Crippen LogP contribution is 2.38.